The number of hydrogen-bond acceptors (Lipinski definition) is 4. The van der Waals surface area contributed by atoms with Crippen molar-refractivity contribution in [1.29, 1.82) is 0 Å². The predicted molar refractivity (Wildman–Crippen MR) is 186 cm³/mol. The first kappa shape index (κ1) is 31.8. The predicted octanol–water partition coefficient (Wildman–Crippen LogP) is 8.98. The van der Waals surface area contributed by atoms with Crippen LogP contribution in [-0.2, 0) is 9.59 Å². The van der Waals surface area contributed by atoms with E-state index in [1.54, 1.807) is 72.8 Å². The number of amides is 3. The number of carbonyl (C=O) groups excluding carboxylic acids is 3. The third-order valence-electron chi connectivity index (χ3n) is 6.47. The highest BCUT2D eigenvalue weighted by atomic mass is 79.9. The maximum absolute atomic E-state index is 13.6. The minimum atomic E-state index is -0.590. The zero-order chi connectivity index (χ0) is 31.6. The van der Waals surface area contributed by atoms with E-state index in [2.05, 4.69) is 31.9 Å². The van der Waals surface area contributed by atoms with E-state index in [1.165, 1.54) is 11.8 Å². The molecule has 0 aliphatic carbocycles. The van der Waals surface area contributed by atoms with Crippen LogP contribution in [0.2, 0.25) is 5.02 Å². The van der Waals surface area contributed by atoms with Crippen molar-refractivity contribution in [1.82, 2.24) is 5.32 Å². The van der Waals surface area contributed by atoms with Gasteiger partial charge in [0.05, 0.1) is 0 Å². The van der Waals surface area contributed by atoms with Gasteiger partial charge in [0.2, 0.25) is 5.91 Å². The molecule has 224 valence electrons. The maximum Gasteiger partial charge on any atom is 0.272 e. The summed E-state index contributed by atoms with van der Waals surface area (Å²) < 4.78 is 0.836. The van der Waals surface area contributed by atoms with Gasteiger partial charge in [-0.1, -0.05) is 100 Å². The summed E-state index contributed by atoms with van der Waals surface area (Å²) in [6, 6.07) is 39.8. The molecule has 5 aromatic rings. The molecule has 0 aliphatic rings. The summed E-state index contributed by atoms with van der Waals surface area (Å²) in [5, 5.41) is 8.55. The number of rotatable bonds is 10. The fraction of sp³-hybridized carbons (Fsp3) is 0.0278. The largest absolute Gasteiger partial charge is 0.325 e. The molecular weight excluding hydrogens is 670 g/mol. The molecule has 0 saturated carbocycles. The molecule has 45 heavy (non-hydrogen) atoms. The second-order valence-corrected chi connectivity index (χ2v) is 12.4. The molecule has 3 amide bonds. The van der Waals surface area contributed by atoms with Crippen molar-refractivity contribution in [2.75, 3.05) is 10.6 Å². The molecule has 1 unspecified atom stereocenters. The third-order valence-corrected chi connectivity index (χ3v) is 8.44. The fourth-order valence-electron chi connectivity index (χ4n) is 4.36. The molecule has 0 saturated heterocycles. The Morgan fingerprint density at radius 3 is 2.09 bits per heavy atom. The van der Waals surface area contributed by atoms with Gasteiger partial charge in [0.15, 0.2) is 0 Å². The lowest BCUT2D eigenvalue weighted by molar-refractivity contribution is -0.116. The summed E-state index contributed by atoms with van der Waals surface area (Å²) >= 11 is 10.9. The van der Waals surface area contributed by atoms with Gasteiger partial charge in [-0.2, -0.15) is 0 Å². The van der Waals surface area contributed by atoms with Crippen LogP contribution in [0.4, 0.5) is 11.4 Å². The van der Waals surface area contributed by atoms with E-state index in [0.29, 0.717) is 22.0 Å². The van der Waals surface area contributed by atoms with Crippen molar-refractivity contribution in [2.24, 2.45) is 0 Å². The summed E-state index contributed by atoms with van der Waals surface area (Å²) in [5.41, 5.74) is 3.14. The fourth-order valence-corrected chi connectivity index (χ4v) is 6.05. The Kier molecular flexibility index (Phi) is 10.9. The van der Waals surface area contributed by atoms with Crippen LogP contribution in [0.25, 0.3) is 6.08 Å². The van der Waals surface area contributed by atoms with E-state index in [-0.39, 0.29) is 11.6 Å². The molecular formula is C36H27BrClN3O3S. The second kappa shape index (κ2) is 15.4. The average molecular weight is 697 g/mol. The van der Waals surface area contributed by atoms with E-state index in [9.17, 15) is 14.4 Å². The zero-order valence-corrected chi connectivity index (χ0v) is 26.9. The molecule has 3 N–H and O–H groups in total. The van der Waals surface area contributed by atoms with Crippen molar-refractivity contribution >= 4 is 74.5 Å². The molecule has 9 heteroatoms. The molecule has 1 atom stereocenters. The van der Waals surface area contributed by atoms with Crippen molar-refractivity contribution in [3.63, 3.8) is 0 Å². The van der Waals surface area contributed by atoms with E-state index in [4.69, 9.17) is 11.6 Å². The molecule has 0 spiro atoms. The van der Waals surface area contributed by atoms with Gasteiger partial charge in [-0.15, -0.1) is 11.8 Å². The number of carbonyl (C=O) groups is 3. The monoisotopic (exact) mass is 695 g/mol. The first-order chi connectivity index (χ1) is 21.8. The van der Waals surface area contributed by atoms with Crippen LogP contribution in [0.5, 0.6) is 0 Å². The SMILES string of the molecule is O=C(Nc1cccc(SC(C(=O)Nc2cccc(Cl)c2)c2ccccc2)c1)/C(=C\c1cccc(Br)c1)NC(=O)c1ccccc1. The number of halogens is 2. The van der Waals surface area contributed by atoms with Gasteiger partial charge >= 0.3 is 0 Å². The second-order valence-electron chi connectivity index (χ2n) is 9.82. The molecule has 0 radical (unpaired) electrons. The van der Waals surface area contributed by atoms with Crippen LogP contribution in [0.15, 0.2) is 149 Å². The van der Waals surface area contributed by atoms with Crippen LogP contribution in [-0.4, -0.2) is 17.7 Å². The lowest BCUT2D eigenvalue weighted by Gasteiger charge is -2.18. The van der Waals surface area contributed by atoms with E-state index < -0.39 is 17.1 Å². The van der Waals surface area contributed by atoms with E-state index >= 15 is 0 Å². The Morgan fingerprint density at radius 2 is 1.38 bits per heavy atom. The van der Waals surface area contributed by atoms with Crippen molar-refractivity contribution < 1.29 is 14.4 Å². The van der Waals surface area contributed by atoms with Gasteiger partial charge in [-0.3, -0.25) is 14.4 Å². The van der Waals surface area contributed by atoms with Crippen molar-refractivity contribution in [2.45, 2.75) is 10.1 Å². The van der Waals surface area contributed by atoms with Gasteiger partial charge in [0.25, 0.3) is 11.8 Å². The van der Waals surface area contributed by atoms with Crippen LogP contribution >= 0.6 is 39.3 Å². The van der Waals surface area contributed by atoms with Crippen molar-refractivity contribution in [3.05, 3.63) is 165 Å². The number of nitrogens with one attached hydrogen (secondary N) is 3. The smallest absolute Gasteiger partial charge is 0.272 e. The molecule has 0 aliphatic heterocycles. The Hall–Kier alpha value is -4.63. The standard InChI is InChI=1S/C36H27BrClN3O3S/c37-27-15-7-10-24(20-27)21-32(41-34(42)26-13-5-2-6-14-26)35(43)39-30-18-9-19-31(23-30)45-33(25-11-3-1-4-12-25)36(44)40-29-17-8-16-28(38)22-29/h1-23,33H,(H,39,43)(H,40,44)(H,41,42)/b32-21+. The highest BCUT2D eigenvalue weighted by molar-refractivity contribution is 9.10. The zero-order valence-electron chi connectivity index (χ0n) is 23.7. The molecule has 0 bridgehead atoms. The third kappa shape index (κ3) is 9.18. The minimum absolute atomic E-state index is 0.0723. The maximum atomic E-state index is 13.6. The van der Waals surface area contributed by atoms with Crippen LogP contribution < -0.4 is 16.0 Å². The van der Waals surface area contributed by atoms with Crippen LogP contribution in [0.1, 0.15) is 26.7 Å². The normalized spacial score (nSPS) is 11.7. The number of benzene rings is 5. The van der Waals surface area contributed by atoms with Gasteiger partial charge in [0, 0.05) is 31.3 Å². The molecule has 5 rings (SSSR count). The summed E-state index contributed by atoms with van der Waals surface area (Å²) in [7, 11) is 0. The Bertz CT molecular complexity index is 1850. The molecule has 6 nitrogen and oxygen atoms in total. The Morgan fingerprint density at radius 1 is 0.711 bits per heavy atom. The first-order valence-electron chi connectivity index (χ1n) is 13.9. The summed E-state index contributed by atoms with van der Waals surface area (Å²) in [6.07, 6.45) is 1.62. The summed E-state index contributed by atoms with van der Waals surface area (Å²) in [4.78, 5) is 40.8. The van der Waals surface area contributed by atoms with E-state index in [0.717, 1.165) is 20.5 Å². The lowest BCUT2D eigenvalue weighted by Crippen LogP contribution is -2.30. The quantitative estimate of drug-likeness (QED) is 0.101. The van der Waals surface area contributed by atoms with Gasteiger partial charge in [-0.05, 0) is 77.9 Å². The van der Waals surface area contributed by atoms with Crippen LogP contribution in [0.3, 0.4) is 0 Å². The lowest BCUT2D eigenvalue weighted by atomic mass is 10.1. The number of thioether (sulfide) groups is 1. The molecule has 0 heterocycles. The summed E-state index contributed by atoms with van der Waals surface area (Å²) in [5.74, 6) is -1.13. The number of hydrogen-bond donors (Lipinski definition) is 3. The Balaban J connectivity index is 1.37. The highest BCUT2D eigenvalue weighted by Gasteiger charge is 2.23. The Labute approximate surface area is 279 Å². The van der Waals surface area contributed by atoms with Gasteiger partial charge in [0.1, 0.15) is 10.9 Å². The highest BCUT2D eigenvalue weighted by Crippen LogP contribution is 2.37. The van der Waals surface area contributed by atoms with Gasteiger partial charge in [-0.25, -0.2) is 0 Å². The minimum Gasteiger partial charge on any atom is -0.325 e. The number of anilines is 2. The molecule has 0 aromatic heterocycles. The van der Waals surface area contributed by atoms with Crippen molar-refractivity contribution in [3.8, 4) is 0 Å². The van der Waals surface area contributed by atoms with Crippen LogP contribution in [0, 0.1) is 0 Å². The summed E-state index contributed by atoms with van der Waals surface area (Å²) in [6.45, 7) is 0. The topological polar surface area (TPSA) is 87.3 Å². The molecule has 5 aromatic carbocycles. The average Bonchev–Trinajstić information content (AvgIpc) is 3.04. The molecule has 0 fully saturated rings. The van der Waals surface area contributed by atoms with Gasteiger partial charge < -0.3 is 16.0 Å². The first-order valence-corrected chi connectivity index (χ1v) is 15.9. The van der Waals surface area contributed by atoms with E-state index in [1.807, 2.05) is 66.7 Å².